The number of aromatic nitrogens is 3. The van der Waals surface area contributed by atoms with Crippen molar-refractivity contribution in [3.8, 4) is 6.01 Å². The van der Waals surface area contributed by atoms with E-state index in [2.05, 4.69) is 26.8 Å². The summed E-state index contributed by atoms with van der Waals surface area (Å²) in [5, 5.41) is 0.244. The lowest BCUT2D eigenvalue weighted by atomic mass is 9.91. The van der Waals surface area contributed by atoms with Crippen LogP contribution in [0.1, 0.15) is 46.5 Å². The highest BCUT2D eigenvalue weighted by Crippen LogP contribution is 2.37. The second kappa shape index (κ2) is 9.20. The number of piperidine rings is 2. The third-order valence-corrected chi connectivity index (χ3v) is 7.37. The highest BCUT2D eigenvalue weighted by molar-refractivity contribution is 6.30. The van der Waals surface area contributed by atoms with Gasteiger partial charge in [0.05, 0.1) is 11.4 Å². The molecule has 1 amide bonds. The van der Waals surface area contributed by atoms with Crippen LogP contribution in [-0.2, 0) is 4.74 Å². The van der Waals surface area contributed by atoms with E-state index < -0.39 is 11.4 Å². The van der Waals surface area contributed by atoms with Crippen LogP contribution < -0.4 is 9.64 Å². The molecule has 6 heterocycles. The number of likely N-dealkylation sites (N-methyl/N-ethyl adjacent to an activating group) is 1. The van der Waals surface area contributed by atoms with Crippen molar-refractivity contribution in [3.05, 3.63) is 17.2 Å². The second-order valence-electron chi connectivity index (χ2n) is 10.7. The molecular weight excluding hydrogens is 475 g/mol. The predicted octanol–water partition coefficient (Wildman–Crippen LogP) is 3.88. The zero-order chi connectivity index (χ0) is 24.9. The maximum absolute atomic E-state index is 15.0. The van der Waals surface area contributed by atoms with Crippen molar-refractivity contribution in [2.75, 3.05) is 38.2 Å². The topological polar surface area (TPSA) is 83.9 Å². The van der Waals surface area contributed by atoms with E-state index in [1.54, 1.807) is 0 Å². The average Bonchev–Trinajstić information content (AvgIpc) is 3.23. The van der Waals surface area contributed by atoms with Gasteiger partial charge in [-0.05, 0) is 60.0 Å². The second-order valence-corrected chi connectivity index (χ2v) is 11.1. The number of hydrogen-bond acceptors (Lipinski definition) is 8. The van der Waals surface area contributed by atoms with Crippen LogP contribution in [0.4, 0.5) is 15.0 Å². The fourth-order valence-corrected chi connectivity index (χ4v) is 5.41. The van der Waals surface area contributed by atoms with Crippen molar-refractivity contribution in [1.82, 2.24) is 24.8 Å². The van der Waals surface area contributed by atoms with Gasteiger partial charge >= 0.3 is 12.1 Å². The summed E-state index contributed by atoms with van der Waals surface area (Å²) < 4.78 is 26.6. The molecule has 2 unspecified atom stereocenters. The number of rotatable bonds is 4. The smallest absolute Gasteiger partial charge is 0.410 e. The molecule has 9 nitrogen and oxygen atoms in total. The lowest BCUT2D eigenvalue weighted by Gasteiger charge is -2.51. The Bertz CT molecular complexity index is 1130. The molecule has 4 aliphatic rings. The number of pyridine rings is 1. The van der Waals surface area contributed by atoms with E-state index in [1.807, 2.05) is 25.7 Å². The molecule has 6 rings (SSSR count). The molecule has 0 aliphatic carbocycles. The largest absolute Gasteiger partial charge is 0.462 e. The van der Waals surface area contributed by atoms with Crippen molar-refractivity contribution in [3.63, 3.8) is 0 Å². The van der Waals surface area contributed by atoms with Gasteiger partial charge in [0, 0.05) is 31.4 Å². The van der Waals surface area contributed by atoms with Gasteiger partial charge in [-0.25, -0.2) is 14.2 Å². The molecule has 4 saturated heterocycles. The highest BCUT2D eigenvalue weighted by atomic mass is 35.5. The first-order valence-corrected chi connectivity index (χ1v) is 12.6. The van der Waals surface area contributed by atoms with Crippen LogP contribution in [-0.4, -0.2) is 87.9 Å². The fourth-order valence-electron chi connectivity index (χ4n) is 5.28. The van der Waals surface area contributed by atoms with Gasteiger partial charge in [-0.15, -0.1) is 0 Å². The van der Waals surface area contributed by atoms with E-state index in [-0.39, 0.29) is 40.9 Å². The normalized spacial score (nSPS) is 24.9. The monoisotopic (exact) mass is 506 g/mol. The van der Waals surface area contributed by atoms with Crippen molar-refractivity contribution >= 4 is 34.4 Å². The molecule has 35 heavy (non-hydrogen) atoms. The number of ether oxygens (including phenoxy) is 2. The molecule has 0 radical (unpaired) electrons. The number of anilines is 1. The average molecular weight is 507 g/mol. The van der Waals surface area contributed by atoms with E-state index in [0.717, 1.165) is 32.2 Å². The molecule has 2 aromatic heterocycles. The van der Waals surface area contributed by atoms with Crippen LogP contribution in [0.25, 0.3) is 10.9 Å². The number of amides is 1. The number of carbonyl (C=O) groups is 1. The lowest BCUT2D eigenvalue weighted by molar-refractivity contribution is 0.000797. The molecule has 2 bridgehead atoms. The Morgan fingerprint density at radius 2 is 1.97 bits per heavy atom. The van der Waals surface area contributed by atoms with Crippen LogP contribution in [0.3, 0.4) is 0 Å². The van der Waals surface area contributed by atoms with Crippen molar-refractivity contribution < 1.29 is 18.7 Å². The highest BCUT2D eigenvalue weighted by Gasteiger charge is 2.43. The summed E-state index contributed by atoms with van der Waals surface area (Å²) in [6.45, 7) is 8.12. The SMILES string of the molecule is CN1CCC[C@H]1COc1nc(N2CC3CCC2CN3C(=O)OC(C)(C)C)c2cnc(Cl)c(F)c2n1. The fraction of sp³-hybridized carbons (Fsp3) is 0.667. The van der Waals surface area contributed by atoms with Gasteiger partial charge in [0.25, 0.3) is 0 Å². The first-order valence-electron chi connectivity index (χ1n) is 12.2. The van der Waals surface area contributed by atoms with Crippen LogP contribution >= 0.6 is 11.6 Å². The van der Waals surface area contributed by atoms with Crippen LogP contribution in [0.5, 0.6) is 6.01 Å². The van der Waals surface area contributed by atoms with Gasteiger partial charge in [-0.3, -0.25) is 0 Å². The third kappa shape index (κ3) is 4.82. The standard InChI is InChI=1S/C24H32ClFN6O3/c1-24(2,3)35-23(33)32-12-14-7-8-15(32)11-31(14)21-17-10-27-20(25)18(26)19(17)28-22(29-21)34-13-16-6-5-9-30(16)4/h10,14-16H,5-9,11-13H2,1-4H3/t14?,15?,16-/m0/s1. The van der Waals surface area contributed by atoms with Gasteiger partial charge in [0.1, 0.15) is 23.5 Å². The summed E-state index contributed by atoms with van der Waals surface area (Å²) in [6, 6.07) is 0.385. The zero-order valence-electron chi connectivity index (χ0n) is 20.6. The molecule has 0 aromatic carbocycles. The van der Waals surface area contributed by atoms with Crippen molar-refractivity contribution in [2.45, 2.75) is 70.2 Å². The Morgan fingerprint density at radius 1 is 1.20 bits per heavy atom. The summed E-state index contributed by atoms with van der Waals surface area (Å²) in [6.07, 6.45) is 5.13. The lowest BCUT2D eigenvalue weighted by Crippen LogP contribution is -2.64. The van der Waals surface area contributed by atoms with Crippen LogP contribution in [0.2, 0.25) is 5.15 Å². The molecule has 2 aromatic rings. The van der Waals surface area contributed by atoms with Crippen LogP contribution in [0, 0.1) is 5.82 Å². The maximum Gasteiger partial charge on any atom is 0.410 e. The maximum atomic E-state index is 15.0. The van der Waals surface area contributed by atoms with Gasteiger partial charge in [0.2, 0.25) is 0 Å². The summed E-state index contributed by atoms with van der Waals surface area (Å²) >= 11 is 5.98. The Hall–Kier alpha value is -2.46. The van der Waals surface area contributed by atoms with E-state index in [1.165, 1.54) is 6.20 Å². The Morgan fingerprint density at radius 3 is 2.63 bits per heavy atom. The van der Waals surface area contributed by atoms with Crippen molar-refractivity contribution in [1.29, 1.82) is 0 Å². The minimum absolute atomic E-state index is 0.0122. The number of carbonyl (C=O) groups excluding carboxylic acids is 1. The van der Waals surface area contributed by atoms with E-state index in [0.29, 0.717) is 30.9 Å². The number of fused-ring (bicyclic) bond motifs is 4. The predicted molar refractivity (Wildman–Crippen MR) is 131 cm³/mol. The number of likely N-dealkylation sites (tertiary alicyclic amines) is 1. The molecule has 0 saturated carbocycles. The number of piperazine rings is 1. The molecule has 190 valence electrons. The minimum atomic E-state index is -0.687. The number of nitrogens with zero attached hydrogens (tertiary/aromatic N) is 6. The first-order chi connectivity index (χ1) is 16.6. The first kappa shape index (κ1) is 24.2. The van der Waals surface area contributed by atoms with E-state index in [9.17, 15) is 4.79 Å². The molecule has 0 spiro atoms. The number of hydrogen-bond donors (Lipinski definition) is 0. The summed E-state index contributed by atoms with van der Waals surface area (Å²) in [5.74, 6) is -0.125. The van der Waals surface area contributed by atoms with Gasteiger partial charge in [0.15, 0.2) is 11.0 Å². The third-order valence-electron chi connectivity index (χ3n) is 7.11. The molecule has 0 N–H and O–H groups in total. The summed E-state index contributed by atoms with van der Waals surface area (Å²) in [7, 11) is 2.07. The van der Waals surface area contributed by atoms with Gasteiger partial charge < -0.3 is 24.2 Å². The molecule has 4 aliphatic heterocycles. The molecule has 11 heteroatoms. The summed E-state index contributed by atoms with van der Waals surface area (Å²) in [5.41, 5.74) is -0.464. The van der Waals surface area contributed by atoms with E-state index in [4.69, 9.17) is 26.1 Å². The molecule has 4 fully saturated rings. The van der Waals surface area contributed by atoms with Crippen LogP contribution in [0.15, 0.2) is 6.20 Å². The Labute approximate surface area is 209 Å². The Kier molecular flexibility index (Phi) is 6.37. The minimum Gasteiger partial charge on any atom is -0.462 e. The van der Waals surface area contributed by atoms with Crippen molar-refractivity contribution in [2.24, 2.45) is 0 Å². The number of halogens is 2. The van der Waals surface area contributed by atoms with Gasteiger partial charge in [-0.1, -0.05) is 11.6 Å². The quantitative estimate of drug-likeness (QED) is 0.578. The zero-order valence-corrected chi connectivity index (χ0v) is 21.4. The van der Waals surface area contributed by atoms with Gasteiger partial charge in [-0.2, -0.15) is 9.97 Å². The molecule has 3 atom stereocenters. The van der Waals surface area contributed by atoms with E-state index >= 15 is 4.39 Å². The molecular formula is C24H32ClFN6O3. The summed E-state index contributed by atoms with van der Waals surface area (Å²) in [4.78, 5) is 32.1. The Balaban J connectivity index is 1.44.